The summed E-state index contributed by atoms with van der Waals surface area (Å²) in [5.74, 6) is 0. The zero-order valence-electron chi connectivity index (χ0n) is 12.7. The van der Waals surface area contributed by atoms with Crippen LogP contribution in [0.4, 0.5) is 8.63 Å². The quantitative estimate of drug-likeness (QED) is 0.597. The Morgan fingerprint density at radius 1 is 0.900 bits per heavy atom. The van der Waals surface area contributed by atoms with Crippen molar-refractivity contribution >= 4 is 26.8 Å². The molecule has 1 aromatic rings. The number of hydrogen-bond donors (Lipinski definition) is 0. The van der Waals surface area contributed by atoms with Crippen molar-refractivity contribution in [3.63, 3.8) is 0 Å². The summed E-state index contributed by atoms with van der Waals surface area (Å²) < 4.78 is 43.1. The Kier molecular flexibility index (Phi) is 6.14. The van der Waals surface area contributed by atoms with E-state index in [-0.39, 0.29) is 0 Å². The molecule has 20 heavy (non-hydrogen) atoms. The average molecular weight is 303 g/mol. The van der Waals surface area contributed by atoms with Gasteiger partial charge in [-0.15, -0.1) is 0 Å². The average Bonchev–Trinajstić information content (AvgIpc) is 2.37. The molecule has 110 valence electrons. The predicted octanol–water partition coefficient (Wildman–Crippen LogP) is 3.02. The fourth-order valence-corrected chi connectivity index (χ4v) is 4.77. The third-order valence-corrected chi connectivity index (χ3v) is 6.07. The Morgan fingerprint density at radius 3 is 1.60 bits per heavy atom. The van der Waals surface area contributed by atoms with Crippen LogP contribution in [0.5, 0.6) is 0 Å². The van der Waals surface area contributed by atoms with Crippen LogP contribution in [-0.4, -0.2) is 34.8 Å². The second-order valence-corrected chi connectivity index (χ2v) is 7.41. The molecular weight excluding hydrogens is 283 g/mol. The normalized spacial score (nSPS) is 11.6. The smallest absolute Gasteiger partial charge is 0.290 e. The van der Waals surface area contributed by atoms with Gasteiger partial charge in [0.25, 0.3) is 0 Å². The van der Waals surface area contributed by atoms with Gasteiger partial charge in [0.05, 0.1) is 21.3 Å². The van der Waals surface area contributed by atoms with Gasteiger partial charge in [0.15, 0.2) is 0 Å². The van der Waals surface area contributed by atoms with Crippen LogP contribution in [0.2, 0.25) is 0 Å². The van der Waals surface area contributed by atoms with Crippen LogP contribution in [0.25, 0.3) is 0 Å². The summed E-state index contributed by atoms with van der Waals surface area (Å²) in [7, 11) is -1.76. The molecule has 0 bridgehead atoms. The molecule has 0 radical (unpaired) electrons. The molecule has 3 nitrogen and oxygen atoms in total. The van der Waals surface area contributed by atoms with Gasteiger partial charge in [0.2, 0.25) is 0 Å². The van der Waals surface area contributed by atoms with Gasteiger partial charge >= 0.3 is 21.3 Å². The fraction of sp³-hybridized carbons (Fsp3) is 0.500. The van der Waals surface area contributed by atoms with Gasteiger partial charge in [-0.2, -0.15) is 13.6 Å². The van der Waals surface area contributed by atoms with Crippen LogP contribution >= 0.6 is 7.82 Å². The first-order chi connectivity index (χ1) is 9.32. The second kappa shape index (κ2) is 6.99. The largest absolute Gasteiger partial charge is 0.562 e. The van der Waals surface area contributed by atoms with Crippen molar-refractivity contribution < 1.29 is 22.2 Å². The molecule has 0 fully saturated rings. The molecular formula is C12H20B2F2O3P+. The van der Waals surface area contributed by atoms with Crippen molar-refractivity contribution in [2.75, 3.05) is 21.3 Å². The number of rotatable bonds is 6. The van der Waals surface area contributed by atoms with Crippen molar-refractivity contribution in [3.05, 3.63) is 28.8 Å². The van der Waals surface area contributed by atoms with Crippen molar-refractivity contribution in [2.24, 2.45) is 0 Å². The van der Waals surface area contributed by atoms with Crippen LogP contribution < -0.4 is 5.46 Å². The van der Waals surface area contributed by atoms with Gasteiger partial charge in [-0.3, -0.25) is 8.63 Å². The molecule has 0 aromatic heterocycles. The van der Waals surface area contributed by atoms with Crippen molar-refractivity contribution in [3.8, 4) is 0 Å². The topological polar surface area (TPSA) is 27.7 Å². The Bertz CT molecular complexity index is 439. The molecule has 8 heteroatoms. The molecule has 0 aliphatic rings. The lowest BCUT2D eigenvalue weighted by Gasteiger charge is -2.24. The molecule has 0 aliphatic heterocycles. The van der Waals surface area contributed by atoms with Crippen molar-refractivity contribution in [1.29, 1.82) is 0 Å². The minimum absolute atomic E-state index is 0.546. The van der Waals surface area contributed by atoms with E-state index in [1.165, 1.54) is 21.3 Å². The lowest BCUT2D eigenvalue weighted by atomic mass is 9.41. The Balaban J connectivity index is 3.49. The van der Waals surface area contributed by atoms with E-state index in [4.69, 9.17) is 13.6 Å². The van der Waals surface area contributed by atoms with Crippen LogP contribution in [0.1, 0.15) is 16.7 Å². The SMILES string of the molecule is CO[P+](OC)(OC)B(B(F)F)c1c(C)cc(C)cc1C. The summed E-state index contributed by atoms with van der Waals surface area (Å²) in [5, 5.41) is 0. The van der Waals surface area contributed by atoms with E-state index in [0.29, 0.717) is 5.46 Å². The van der Waals surface area contributed by atoms with E-state index in [0.717, 1.165) is 16.7 Å². The monoisotopic (exact) mass is 303 g/mol. The molecule has 0 unspecified atom stereocenters. The van der Waals surface area contributed by atoms with E-state index in [9.17, 15) is 8.63 Å². The highest BCUT2D eigenvalue weighted by molar-refractivity contribution is 8.03. The minimum atomic E-state index is -3.15. The Labute approximate surface area is 120 Å². The van der Waals surface area contributed by atoms with E-state index >= 15 is 0 Å². The Morgan fingerprint density at radius 2 is 1.30 bits per heavy atom. The third-order valence-electron chi connectivity index (χ3n) is 3.38. The fourth-order valence-electron chi connectivity index (χ4n) is 2.64. The van der Waals surface area contributed by atoms with Crippen LogP contribution in [0, 0.1) is 20.8 Å². The number of hydrogen-bond acceptors (Lipinski definition) is 3. The lowest BCUT2D eigenvalue weighted by Crippen LogP contribution is -2.47. The van der Waals surface area contributed by atoms with Gasteiger partial charge < -0.3 is 0 Å². The number of halogens is 2. The predicted molar refractivity (Wildman–Crippen MR) is 82.0 cm³/mol. The highest BCUT2D eigenvalue weighted by Crippen LogP contribution is 2.63. The van der Waals surface area contributed by atoms with Crippen molar-refractivity contribution in [2.45, 2.75) is 20.8 Å². The van der Waals surface area contributed by atoms with Gasteiger partial charge in [-0.05, 0) is 26.2 Å². The summed E-state index contributed by atoms with van der Waals surface area (Å²) in [6.07, 6.45) is -1.22. The van der Waals surface area contributed by atoms with Gasteiger partial charge in [0.1, 0.15) is 0 Å². The molecule has 0 N–H and O–H groups in total. The first-order valence-electron chi connectivity index (χ1n) is 6.24. The molecule has 0 spiro atoms. The standard InChI is InChI=1S/C12H20B2F2O3P/c1-9-7-10(2)12(11(3)8-9)13(14(15)16)20(17-4,18-5)19-6/h7-8H,1-6H3/q+1. The Hall–Kier alpha value is -0.480. The molecule has 0 atom stereocenters. The van der Waals surface area contributed by atoms with Crippen LogP contribution in [0.15, 0.2) is 12.1 Å². The highest BCUT2D eigenvalue weighted by atomic mass is 31.2. The van der Waals surface area contributed by atoms with Gasteiger partial charge in [-0.25, -0.2) is 0 Å². The summed E-state index contributed by atoms with van der Waals surface area (Å²) in [6.45, 7) is 5.58. The summed E-state index contributed by atoms with van der Waals surface area (Å²) in [6, 6.07) is 3.76. The van der Waals surface area contributed by atoms with Gasteiger partial charge in [-0.1, -0.05) is 28.8 Å². The summed E-state index contributed by atoms with van der Waals surface area (Å²) >= 11 is 0. The van der Waals surface area contributed by atoms with E-state index in [1.54, 1.807) is 0 Å². The first-order valence-corrected chi connectivity index (χ1v) is 7.86. The summed E-state index contributed by atoms with van der Waals surface area (Å²) in [5.41, 5.74) is 3.17. The molecule has 0 saturated carbocycles. The molecule has 0 saturated heterocycles. The van der Waals surface area contributed by atoms with Crippen LogP contribution in [0.3, 0.4) is 0 Å². The van der Waals surface area contributed by atoms with Gasteiger partial charge in [0, 0.05) is 0 Å². The first kappa shape index (κ1) is 17.6. The molecule has 0 aliphatic carbocycles. The van der Waals surface area contributed by atoms with E-state index in [2.05, 4.69) is 0 Å². The summed E-state index contributed by atoms with van der Waals surface area (Å²) in [4.78, 5) is 0. The zero-order valence-corrected chi connectivity index (χ0v) is 13.6. The van der Waals surface area contributed by atoms with E-state index in [1.807, 2.05) is 32.9 Å². The molecule has 0 amide bonds. The maximum Gasteiger partial charge on any atom is 0.562 e. The molecule has 1 rings (SSSR count). The molecule has 0 heterocycles. The molecule has 1 aromatic carbocycles. The van der Waals surface area contributed by atoms with Crippen molar-refractivity contribution in [1.82, 2.24) is 0 Å². The van der Waals surface area contributed by atoms with E-state index < -0.39 is 21.3 Å². The lowest BCUT2D eigenvalue weighted by molar-refractivity contribution is 0.228. The third kappa shape index (κ3) is 3.22. The number of benzene rings is 1. The van der Waals surface area contributed by atoms with Crippen LogP contribution in [-0.2, 0) is 13.6 Å². The zero-order chi connectivity index (χ0) is 15.5. The second-order valence-electron chi connectivity index (χ2n) is 4.68. The minimum Gasteiger partial charge on any atom is -0.290 e. The maximum absolute atomic E-state index is 13.7. The highest BCUT2D eigenvalue weighted by Gasteiger charge is 2.66. The maximum atomic E-state index is 13.7. The number of aryl methyl sites for hydroxylation is 3.